The molecule has 0 unspecified atom stereocenters. The summed E-state index contributed by atoms with van der Waals surface area (Å²) in [6, 6.07) is 7.16. The van der Waals surface area contributed by atoms with E-state index in [0.717, 1.165) is 12.2 Å². The van der Waals surface area contributed by atoms with E-state index in [9.17, 15) is 9.59 Å². The summed E-state index contributed by atoms with van der Waals surface area (Å²) in [6.07, 6.45) is 1.41. The number of morpholine rings is 1. The Morgan fingerprint density at radius 3 is 2.50 bits per heavy atom. The summed E-state index contributed by atoms with van der Waals surface area (Å²) in [5.41, 5.74) is 0.663. The van der Waals surface area contributed by atoms with Crippen molar-refractivity contribution in [3.63, 3.8) is 0 Å². The van der Waals surface area contributed by atoms with E-state index in [2.05, 4.69) is 0 Å². The Labute approximate surface area is 142 Å². The maximum atomic E-state index is 12.6. The van der Waals surface area contributed by atoms with Gasteiger partial charge in [-0.25, -0.2) is 0 Å². The molecule has 0 radical (unpaired) electrons. The van der Waals surface area contributed by atoms with Crippen LogP contribution in [0.3, 0.4) is 0 Å². The molecular weight excluding hydrogens is 308 g/mol. The zero-order chi connectivity index (χ0) is 16.9. The van der Waals surface area contributed by atoms with Gasteiger partial charge in [-0.05, 0) is 36.6 Å². The third-order valence-corrected chi connectivity index (χ3v) is 4.74. The van der Waals surface area contributed by atoms with Crippen molar-refractivity contribution >= 4 is 11.8 Å². The Hall–Kier alpha value is -2.08. The van der Waals surface area contributed by atoms with Crippen molar-refractivity contribution in [2.24, 2.45) is 5.92 Å². The van der Waals surface area contributed by atoms with Crippen molar-refractivity contribution in [2.75, 3.05) is 46.5 Å². The van der Waals surface area contributed by atoms with Gasteiger partial charge in [-0.1, -0.05) is 0 Å². The minimum atomic E-state index is 0.0268. The number of rotatable bonds is 4. The molecule has 6 nitrogen and oxygen atoms in total. The van der Waals surface area contributed by atoms with Crippen LogP contribution in [-0.4, -0.2) is 68.1 Å². The second-order valence-electron chi connectivity index (χ2n) is 6.33. The number of hydrogen-bond donors (Lipinski definition) is 0. The zero-order valence-electron chi connectivity index (χ0n) is 14.1. The maximum absolute atomic E-state index is 12.6. The molecule has 0 aromatic heterocycles. The molecule has 1 aromatic rings. The number of amides is 2. The molecule has 2 amide bonds. The number of benzene rings is 1. The quantitative estimate of drug-likeness (QED) is 0.836. The molecule has 1 aromatic carbocycles. The Kier molecular flexibility index (Phi) is 5.35. The first kappa shape index (κ1) is 16.8. The van der Waals surface area contributed by atoms with Crippen molar-refractivity contribution in [1.29, 1.82) is 0 Å². The summed E-state index contributed by atoms with van der Waals surface area (Å²) in [7, 11) is 1.60. The van der Waals surface area contributed by atoms with Crippen LogP contribution in [0.2, 0.25) is 0 Å². The highest BCUT2D eigenvalue weighted by Crippen LogP contribution is 2.23. The van der Waals surface area contributed by atoms with Crippen LogP contribution in [0.15, 0.2) is 24.3 Å². The van der Waals surface area contributed by atoms with Gasteiger partial charge in [0, 0.05) is 38.2 Å². The Balaban J connectivity index is 1.52. The van der Waals surface area contributed by atoms with E-state index in [1.165, 1.54) is 0 Å². The number of methoxy groups -OCH3 is 1. The van der Waals surface area contributed by atoms with Crippen LogP contribution in [0.4, 0.5) is 0 Å². The summed E-state index contributed by atoms with van der Waals surface area (Å²) in [5, 5.41) is 0. The zero-order valence-corrected chi connectivity index (χ0v) is 14.1. The molecular formula is C18H24N2O4. The third kappa shape index (κ3) is 3.87. The lowest BCUT2D eigenvalue weighted by atomic mass is 10.0. The monoisotopic (exact) mass is 332 g/mol. The van der Waals surface area contributed by atoms with E-state index in [0.29, 0.717) is 51.4 Å². The standard InChI is InChI=1S/C18H24N2O4/c1-23-16-4-2-15(3-5-16)18(22)20-7-6-14(13-20)12-17(21)19-8-10-24-11-9-19/h2-5,14H,6-13H2,1H3/t14-/m1/s1. The molecule has 2 heterocycles. The minimum absolute atomic E-state index is 0.0268. The highest BCUT2D eigenvalue weighted by atomic mass is 16.5. The van der Waals surface area contributed by atoms with E-state index in [4.69, 9.17) is 9.47 Å². The predicted octanol–water partition coefficient (Wildman–Crippen LogP) is 1.41. The van der Waals surface area contributed by atoms with Crippen molar-refractivity contribution in [2.45, 2.75) is 12.8 Å². The topological polar surface area (TPSA) is 59.1 Å². The molecule has 2 aliphatic heterocycles. The molecule has 1 atom stereocenters. The van der Waals surface area contributed by atoms with Gasteiger partial charge in [0.05, 0.1) is 20.3 Å². The van der Waals surface area contributed by atoms with Crippen LogP contribution >= 0.6 is 0 Å². The van der Waals surface area contributed by atoms with Gasteiger partial charge >= 0.3 is 0 Å². The molecule has 2 saturated heterocycles. The van der Waals surface area contributed by atoms with Gasteiger partial charge in [0.2, 0.25) is 5.91 Å². The van der Waals surface area contributed by atoms with Gasteiger partial charge in [-0.3, -0.25) is 9.59 Å². The molecule has 0 N–H and O–H groups in total. The molecule has 6 heteroatoms. The Morgan fingerprint density at radius 2 is 1.83 bits per heavy atom. The molecule has 2 aliphatic rings. The fourth-order valence-electron chi connectivity index (χ4n) is 3.29. The van der Waals surface area contributed by atoms with Gasteiger partial charge in [0.15, 0.2) is 0 Å². The first-order chi connectivity index (χ1) is 11.7. The summed E-state index contributed by atoms with van der Waals surface area (Å²) in [4.78, 5) is 28.6. The van der Waals surface area contributed by atoms with Gasteiger partial charge in [0.1, 0.15) is 5.75 Å². The van der Waals surface area contributed by atoms with Gasteiger partial charge < -0.3 is 19.3 Å². The smallest absolute Gasteiger partial charge is 0.253 e. The van der Waals surface area contributed by atoms with E-state index < -0.39 is 0 Å². The molecule has 0 bridgehead atoms. The maximum Gasteiger partial charge on any atom is 0.253 e. The van der Waals surface area contributed by atoms with Crippen LogP contribution < -0.4 is 4.74 Å². The normalized spacial score (nSPS) is 21.0. The minimum Gasteiger partial charge on any atom is -0.497 e. The van der Waals surface area contributed by atoms with E-state index >= 15 is 0 Å². The van der Waals surface area contributed by atoms with E-state index in [-0.39, 0.29) is 17.7 Å². The van der Waals surface area contributed by atoms with Crippen LogP contribution in [0, 0.1) is 5.92 Å². The van der Waals surface area contributed by atoms with Crippen LogP contribution in [0.25, 0.3) is 0 Å². The number of likely N-dealkylation sites (tertiary alicyclic amines) is 1. The SMILES string of the molecule is COc1ccc(C(=O)N2CC[C@H](CC(=O)N3CCOCC3)C2)cc1. The fourth-order valence-corrected chi connectivity index (χ4v) is 3.29. The highest BCUT2D eigenvalue weighted by Gasteiger charge is 2.30. The number of carbonyl (C=O) groups is 2. The highest BCUT2D eigenvalue weighted by molar-refractivity contribution is 5.94. The average molecular weight is 332 g/mol. The molecule has 0 spiro atoms. The molecule has 0 aliphatic carbocycles. The lowest BCUT2D eigenvalue weighted by Gasteiger charge is -2.27. The van der Waals surface area contributed by atoms with E-state index in [1.54, 1.807) is 31.4 Å². The molecule has 2 fully saturated rings. The first-order valence-corrected chi connectivity index (χ1v) is 8.46. The average Bonchev–Trinajstić information content (AvgIpc) is 3.10. The number of ether oxygens (including phenoxy) is 2. The molecule has 3 rings (SSSR count). The lowest BCUT2D eigenvalue weighted by Crippen LogP contribution is -2.41. The second kappa shape index (κ2) is 7.66. The van der Waals surface area contributed by atoms with Gasteiger partial charge in [0.25, 0.3) is 5.91 Å². The predicted molar refractivity (Wildman–Crippen MR) is 89.0 cm³/mol. The summed E-state index contributed by atoms with van der Waals surface area (Å²) >= 11 is 0. The Morgan fingerprint density at radius 1 is 1.12 bits per heavy atom. The third-order valence-electron chi connectivity index (χ3n) is 4.74. The van der Waals surface area contributed by atoms with Crippen molar-refractivity contribution in [3.8, 4) is 5.75 Å². The first-order valence-electron chi connectivity index (χ1n) is 8.46. The number of carbonyl (C=O) groups excluding carboxylic acids is 2. The van der Waals surface area contributed by atoms with Crippen molar-refractivity contribution in [1.82, 2.24) is 9.80 Å². The Bertz CT molecular complexity index is 581. The van der Waals surface area contributed by atoms with Crippen LogP contribution in [-0.2, 0) is 9.53 Å². The molecule has 0 saturated carbocycles. The summed E-state index contributed by atoms with van der Waals surface area (Å²) < 4.78 is 10.4. The lowest BCUT2D eigenvalue weighted by molar-refractivity contribution is -0.136. The number of nitrogens with zero attached hydrogens (tertiary/aromatic N) is 2. The molecule has 24 heavy (non-hydrogen) atoms. The van der Waals surface area contributed by atoms with Crippen molar-refractivity contribution < 1.29 is 19.1 Å². The number of hydrogen-bond acceptors (Lipinski definition) is 4. The largest absolute Gasteiger partial charge is 0.497 e. The van der Waals surface area contributed by atoms with Crippen LogP contribution in [0.5, 0.6) is 5.75 Å². The second-order valence-corrected chi connectivity index (χ2v) is 6.33. The summed E-state index contributed by atoms with van der Waals surface area (Å²) in [6.45, 7) is 3.98. The van der Waals surface area contributed by atoms with Gasteiger partial charge in [-0.2, -0.15) is 0 Å². The summed E-state index contributed by atoms with van der Waals surface area (Å²) in [5.74, 6) is 1.20. The fraction of sp³-hybridized carbons (Fsp3) is 0.556. The van der Waals surface area contributed by atoms with Gasteiger partial charge in [-0.15, -0.1) is 0 Å². The van der Waals surface area contributed by atoms with E-state index in [1.807, 2.05) is 9.80 Å². The van der Waals surface area contributed by atoms with Crippen molar-refractivity contribution in [3.05, 3.63) is 29.8 Å². The molecule has 130 valence electrons. The van der Waals surface area contributed by atoms with Crippen LogP contribution in [0.1, 0.15) is 23.2 Å².